The Morgan fingerprint density at radius 3 is 2.70 bits per heavy atom. The van der Waals surface area contributed by atoms with Gasteiger partial charge in [-0.2, -0.15) is 0 Å². The monoisotopic (exact) mass is 268 g/mol. The van der Waals surface area contributed by atoms with Crippen LogP contribution in [0.15, 0.2) is 42.5 Å². The standard InChI is InChI=1S/C16H17BO3/c1-11-8-14(6-7-16(11)17(18)19)20-10-13-9-12-4-2-3-5-15(12)13/h2-8,13,18-19H,9-10H2,1H3. The SMILES string of the molecule is Cc1cc(OCC2Cc3ccccc32)ccc1B(O)O. The molecule has 0 amide bonds. The molecule has 3 rings (SSSR count). The number of hydrogen-bond donors (Lipinski definition) is 2. The van der Waals surface area contributed by atoms with Crippen molar-refractivity contribution in [1.82, 2.24) is 0 Å². The highest BCUT2D eigenvalue weighted by Gasteiger charge is 2.25. The topological polar surface area (TPSA) is 49.7 Å². The van der Waals surface area contributed by atoms with Crippen molar-refractivity contribution in [2.45, 2.75) is 19.3 Å². The highest BCUT2D eigenvalue weighted by molar-refractivity contribution is 6.59. The Hall–Kier alpha value is -1.78. The molecule has 1 unspecified atom stereocenters. The third-order valence-corrected chi connectivity index (χ3v) is 3.93. The van der Waals surface area contributed by atoms with Gasteiger partial charge in [-0.15, -0.1) is 0 Å². The van der Waals surface area contributed by atoms with E-state index in [1.165, 1.54) is 11.1 Å². The van der Waals surface area contributed by atoms with E-state index in [1.54, 1.807) is 12.1 Å². The molecule has 1 atom stereocenters. The van der Waals surface area contributed by atoms with E-state index in [-0.39, 0.29) is 0 Å². The first-order chi connectivity index (χ1) is 9.65. The first kappa shape index (κ1) is 13.2. The van der Waals surface area contributed by atoms with E-state index in [2.05, 4.69) is 24.3 Å². The third kappa shape index (κ3) is 2.44. The van der Waals surface area contributed by atoms with Gasteiger partial charge in [0.15, 0.2) is 0 Å². The average molecular weight is 268 g/mol. The van der Waals surface area contributed by atoms with Crippen LogP contribution < -0.4 is 10.2 Å². The van der Waals surface area contributed by atoms with Crippen molar-refractivity contribution < 1.29 is 14.8 Å². The zero-order valence-electron chi connectivity index (χ0n) is 11.4. The van der Waals surface area contributed by atoms with E-state index < -0.39 is 7.12 Å². The fourth-order valence-electron chi connectivity index (χ4n) is 2.74. The molecule has 2 aromatic carbocycles. The average Bonchev–Trinajstić information content (AvgIpc) is 2.39. The van der Waals surface area contributed by atoms with Gasteiger partial charge < -0.3 is 14.8 Å². The van der Waals surface area contributed by atoms with Gasteiger partial charge in [-0.05, 0) is 47.6 Å². The van der Waals surface area contributed by atoms with Crippen molar-refractivity contribution in [3.05, 3.63) is 59.2 Å². The molecule has 0 bridgehead atoms. The Kier molecular flexibility index (Phi) is 3.51. The van der Waals surface area contributed by atoms with Crippen LogP contribution in [0.3, 0.4) is 0 Å². The normalized spacial score (nSPS) is 16.2. The number of hydrogen-bond acceptors (Lipinski definition) is 3. The van der Waals surface area contributed by atoms with E-state index >= 15 is 0 Å². The van der Waals surface area contributed by atoms with Crippen LogP contribution in [0.25, 0.3) is 0 Å². The number of aryl methyl sites for hydroxylation is 1. The molecule has 1 aliphatic carbocycles. The van der Waals surface area contributed by atoms with Crippen molar-refractivity contribution in [3.63, 3.8) is 0 Å². The first-order valence-corrected chi connectivity index (χ1v) is 6.82. The summed E-state index contributed by atoms with van der Waals surface area (Å²) in [7, 11) is -1.43. The summed E-state index contributed by atoms with van der Waals surface area (Å²) in [5.41, 5.74) is 4.14. The molecule has 20 heavy (non-hydrogen) atoms. The fraction of sp³-hybridized carbons (Fsp3) is 0.250. The Morgan fingerprint density at radius 2 is 2.00 bits per heavy atom. The van der Waals surface area contributed by atoms with Crippen LogP contribution in [-0.4, -0.2) is 23.8 Å². The molecular weight excluding hydrogens is 251 g/mol. The third-order valence-electron chi connectivity index (χ3n) is 3.93. The van der Waals surface area contributed by atoms with Crippen LogP contribution >= 0.6 is 0 Å². The molecular formula is C16H17BO3. The van der Waals surface area contributed by atoms with Crippen LogP contribution in [0.4, 0.5) is 0 Å². The summed E-state index contributed by atoms with van der Waals surface area (Å²) in [6, 6.07) is 13.8. The molecule has 0 radical (unpaired) electrons. The van der Waals surface area contributed by atoms with Gasteiger partial charge in [-0.25, -0.2) is 0 Å². The summed E-state index contributed by atoms with van der Waals surface area (Å²) in [5.74, 6) is 1.24. The molecule has 4 heteroatoms. The van der Waals surface area contributed by atoms with E-state index in [1.807, 2.05) is 13.0 Å². The molecule has 3 nitrogen and oxygen atoms in total. The predicted octanol–water partition coefficient (Wildman–Crippen LogP) is 1.39. The summed E-state index contributed by atoms with van der Waals surface area (Å²) in [6.45, 7) is 2.51. The summed E-state index contributed by atoms with van der Waals surface area (Å²) in [6.07, 6.45) is 1.07. The summed E-state index contributed by atoms with van der Waals surface area (Å²) < 4.78 is 5.82. The number of benzene rings is 2. The van der Waals surface area contributed by atoms with Crippen LogP contribution in [0, 0.1) is 6.92 Å². The van der Waals surface area contributed by atoms with Crippen molar-refractivity contribution in [2.75, 3.05) is 6.61 Å². The lowest BCUT2D eigenvalue weighted by Crippen LogP contribution is -2.32. The molecule has 0 heterocycles. The molecule has 0 fully saturated rings. The summed E-state index contributed by atoms with van der Waals surface area (Å²) >= 11 is 0. The van der Waals surface area contributed by atoms with E-state index in [4.69, 9.17) is 4.74 Å². The van der Waals surface area contributed by atoms with Crippen LogP contribution in [0.1, 0.15) is 22.6 Å². The zero-order chi connectivity index (χ0) is 14.1. The van der Waals surface area contributed by atoms with Gasteiger partial charge in [0, 0.05) is 5.92 Å². The molecule has 0 aliphatic heterocycles. The lowest BCUT2D eigenvalue weighted by Gasteiger charge is -2.29. The molecule has 2 aromatic rings. The highest BCUT2D eigenvalue weighted by atomic mass is 16.5. The Bertz CT molecular complexity index is 625. The maximum absolute atomic E-state index is 9.18. The molecule has 0 aromatic heterocycles. The van der Waals surface area contributed by atoms with Gasteiger partial charge >= 0.3 is 7.12 Å². The predicted molar refractivity (Wildman–Crippen MR) is 79.4 cm³/mol. The minimum absolute atomic E-state index is 0.467. The Labute approximate surface area is 119 Å². The summed E-state index contributed by atoms with van der Waals surface area (Å²) in [4.78, 5) is 0. The minimum Gasteiger partial charge on any atom is -0.493 e. The van der Waals surface area contributed by atoms with Crippen molar-refractivity contribution in [1.29, 1.82) is 0 Å². The van der Waals surface area contributed by atoms with E-state index in [0.717, 1.165) is 17.7 Å². The number of rotatable bonds is 4. The second-order valence-corrected chi connectivity index (χ2v) is 5.30. The van der Waals surface area contributed by atoms with E-state index in [0.29, 0.717) is 18.0 Å². The molecule has 1 aliphatic rings. The Morgan fingerprint density at radius 1 is 1.20 bits per heavy atom. The fourth-order valence-corrected chi connectivity index (χ4v) is 2.74. The van der Waals surface area contributed by atoms with Crippen molar-refractivity contribution in [3.8, 4) is 5.75 Å². The highest BCUT2D eigenvalue weighted by Crippen LogP contribution is 2.35. The van der Waals surface area contributed by atoms with Crippen LogP contribution in [0.2, 0.25) is 0 Å². The minimum atomic E-state index is -1.43. The van der Waals surface area contributed by atoms with Gasteiger partial charge in [0.05, 0.1) is 6.61 Å². The smallest absolute Gasteiger partial charge is 0.488 e. The summed E-state index contributed by atoms with van der Waals surface area (Å²) in [5, 5.41) is 18.4. The number of ether oxygens (including phenoxy) is 1. The molecule has 0 spiro atoms. The maximum atomic E-state index is 9.18. The van der Waals surface area contributed by atoms with E-state index in [9.17, 15) is 10.0 Å². The first-order valence-electron chi connectivity index (χ1n) is 6.82. The molecule has 0 saturated heterocycles. The second kappa shape index (κ2) is 5.31. The van der Waals surface area contributed by atoms with Crippen LogP contribution in [-0.2, 0) is 6.42 Å². The second-order valence-electron chi connectivity index (χ2n) is 5.30. The van der Waals surface area contributed by atoms with Gasteiger partial charge in [-0.3, -0.25) is 0 Å². The molecule has 0 saturated carbocycles. The van der Waals surface area contributed by atoms with Gasteiger partial charge in [0.1, 0.15) is 5.75 Å². The lowest BCUT2D eigenvalue weighted by molar-refractivity contribution is 0.275. The van der Waals surface area contributed by atoms with Gasteiger partial charge in [-0.1, -0.05) is 30.3 Å². The molecule has 102 valence electrons. The largest absolute Gasteiger partial charge is 0.493 e. The Balaban J connectivity index is 1.64. The number of fused-ring (bicyclic) bond motifs is 1. The maximum Gasteiger partial charge on any atom is 0.488 e. The lowest BCUT2D eigenvalue weighted by atomic mass is 9.77. The van der Waals surface area contributed by atoms with Gasteiger partial charge in [0.25, 0.3) is 0 Å². The molecule has 2 N–H and O–H groups in total. The quantitative estimate of drug-likeness (QED) is 0.824. The zero-order valence-corrected chi connectivity index (χ0v) is 11.4. The van der Waals surface area contributed by atoms with Crippen molar-refractivity contribution >= 4 is 12.6 Å². The van der Waals surface area contributed by atoms with Gasteiger partial charge in [0.2, 0.25) is 0 Å². The van der Waals surface area contributed by atoms with Crippen LogP contribution in [0.5, 0.6) is 5.75 Å². The van der Waals surface area contributed by atoms with Crippen molar-refractivity contribution in [2.24, 2.45) is 0 Å².